The molecule has 0 heterocycles. The summed E-state index contributed by atoms with van der Waals surface area (Å²) in [4.78, 5) is 12.3. The van der Waals surface area contributed by atoms with E-state index in [9.17, 15) is 20.1 Å². The lowest BCUT2D eigenvalue weighted by atomic mass is 10.0. The molecule has 0 spiro atoms. The first-order valence-corrected chi connectivity index (χ1v) is 19.1. The first-order chi connectivity index (χ1) is 21.6. The summed E-state index contributed by atoms with van der Waals surface area (Å²) in [6, 6.07) is -0.825. The highest BCUT2D eigenvalue weighted by atomic mass is 16.3. The Morgan fingerprint density at radius 2 is 1.00 bits per heavy atom. The van der Waals surface area contributed by atoms with Gasteiger partial charge in [0, 0.05) is 6.42 Å². The van der Waals surface area contributed by atoms with Crippen molar-refractivity contribution in [3.05, 3.63) is 24.3 Å². The molecule has 0 rings (SSSR count). The van der Waals surface area contributed by atoms with Crippen molar-refractivity contribution in [3.63, 3.8) is 0 Å². The lowest BCUT2D eigenvalue weighted by molar-refractivity contribution is -0.124. The van der Waals surface area contributed by atoms with Gasteiger partial charge in [0.05, 0.1) is 18.8 Å². The maximum Gasteiger partial charge on any atom is 0.220 e. The minimum absolute atomic E-state index is 0.160. The number of rotatable bonds is 34. The SMILES string of the molecule is C/C=C/CC/C=C/CCCC(O)C(O)C(CO)NC(=O)CCCCCCCCCCCCCCCCCCCCCCCC. The number of nitrogens with one attached hydrogen (secondary N) is 1. The van der Waals surface area contributed by atoms with Gasteiger partial charge < -0.3 is 20.6 Å². The summed E-state index contributed by atoms with van der Waals surface area (Å²) >= 11 is 0. The molecule has 0 aromatic heterocycles. The average Bonchev–Trinajstić information content (AvgIpc) is 3.03. The largest absolute Gasteiger partial charge is 0.394 e. The molecule has 0 radical (unpaired) electrons. The van der Waals surface area contributed by atoms with Gasteiger partial charge in [0.25, 0.3) is 0 Å². The van der Waals surface area contributed by atoms with E-state index in [0.29, 0.717) is 12.8 Å². The summed E-state index contributed by atoms with van der Waals surface area (Å²) in [5.74, 6) is -0.160. The monoisotopic (exact) mass is 622 g/mol. The van der Waals surface area contributed by atoms with Crippen LogP contribution in [0.4, 0.5) is 0 Å². The van der Waals surface area contributed by atoms with Crippen LogP contribution in [-0.2, 0) is 4.79 Å². The van der Waals surface area contributed by atoms with E-state index in [0.717, 1.165) is 44.9 Å². The molecule has 44 heavy (non-hydrogen) atoms. The Hall–Kier alpha value is -1.17. The maximum absolute atomic E-state index is 12.3. The second-order valence-corrected chi connectivity index (χ2v) is 13.1. The molecular weight excluding hydrogens is 546 g/mol. The first kappa shape index (κ1) is 42.8. The van der Waals surface area contributed by atoms with Crippen LogP contribution in [-0.4, -0.2) is 46.1 Å². The van der Waals surface area contributed by atoms with Gasteiger partial charge in [-0.1, -0.05) is 166 Å². The van der Waals surface area contributed by atoms with Crippen LogP contribution in [0.1, 0.15) is 194 Å². The van der Waals surface area contributed by atoms with Crippen LogP contribution < -0.4 is 5.32 Å². The van der Waals surface area contributed by atoms with Crippen molar-refractivity contribution < 1.29 is 20.1 Å². The normalized spacial score (nSPS) is 14.0. The Balaban J connectivity index is 3.56. The molecule has 0 aromatic rings. The molecule has 3 atom stereocenters. The van der Waals surface area contributed by atoms with Crippen LogP contribution in [0, 0.1) is 0 Å². The zero-order valence-corrected chi connectivity index (χ0v) is 29.3. The van der Waals surface area contributed by atoms with Crippen molar-refractivity contribution >= 4 is 5.91 Å². The Labute approximate surface area is 273 Å². The van der Waals surface area contributed by atoms with E-state index >= 15 is 0 Å². The van der Waals surface area contributed by atoms with Crippen molar-refractivity contribution in [1.29, 1.82) is 0 Å². The van der Waals surface area contributed by atoms with Crippen molar-refractivity contribution in [2.75, 3.05) is 6.61 Å². The Morgan fingerprint density at radius 1 is 0.591 bits per heavy atom. The second-order valence-electron chi connectivity index (χ2n) is 13.1. The van der Waals surface area contributed by atoms with Crippen LogP contribution in [0.5, 0.6) is 0 Å². The lowest BCUT2D eigenvalue weighted by Gasteiger charge is -2.26. The maximum atomic E-state index is 12.3. The minimum Gasteiger partial charge on any atom is -0.394 e. The van der Waals surface area contributed by atoms with E-state index < -0.39 is 18.2 Å². The standard InChI is InChI=1S/C39H75NO4/c1-3-5-7-9-11-13-14-15-16-17-18-19-20-21-22-23-24-25-26-28-30-32-34-38(43)40-36(35-41)39(44)37(42)33-31-29-27-12-10-8-6-4-2/h4,6,12,27,36-37,39,41-42,44H,3,5,7-11,13-26,28-35H2,1-2H3,(H,40,43)/b6-4+,27-12+. The topological polar surface area (TPSA) is 89.8 Å². The lowest BCUT2D eigenvalue weighted by Crippen LogP contribution is -2.50. The van der Waals surface area contributed by atoms with E-state index in [-0.39, 0.29) is 12.5 Å². The van der Waals surface area contributed by atoms with Gasteiger partial charge in [0.15, 0.2) is 0 Å². The fourth-order valence-corrected chi connectivity index (χ4v) is 5.89. The molecule has 5 heteroatoms. The van der Waals surface area contributed by atoms with Gasteiger partial charge in [-0.15, -0.1) is 0 Å². The third-order valence-corrected chi connectivity index (χ3v) is 8.88. The Kier molecular flexibility index (Phi) is 33.8. The van der Waals surface area contributed by atoms with E-state index in [1.54, 1.807) is 0 Å². The van der Waals surface area contributed by atoms with Crippen molar-refractivity contribution in [2.45, 2.75) is 212 Å². The fraction of sp³-hybridized carbons (Fsp3) is 0.872. The molecule has 0 bridgehead atoms. The van der Waals surface area contributed by atoms with Crippen LogP contribution >= 0.6 is 0 Å². The molecule has 0 saturated heterocycles. The fourth-order valence-electron chi connectivity index (χ4n) is 5.89. The van der Waals surface area contributed by atoms with Crippen LogP contribution in [0.25, 0.3) is 0 Å². The first-order valence-electron chi connectivity index (χ1n) is 19.1. The number of unbranched alkanes of at least 4 members (excludes halogenated alkanes) is 23. The quantitative estimate of drug-likeness (QED) is 0.0425. The van der Waals surface area contributed by atoms with Crippen molar-refractivity contribution in [2.24, 2.45) is 0 Å². The molecule has 4 N–H and O–H groups in total. The summed E-state index contributed by atoms with van der Waals surface area (Å²) in [7, 11) is 0. The van der Waals surface area contributed by atoms with E-state index in [1.807, 2.05) is 13.0 Å². The van der Waals surface area contributed by atoms with Crippen LogP contribution in [0.15, 0.2) is 24.3 Å². The van der Waals surface area contributed by atoms with Crippen LogP contribution in [0.3, 0.4) is 0 Å². The molecule has 0 fully saturated rings. The highest BCUT2D eigenvalue weighted by molar-refractivity contribution is 5.76. The number of hydrogen-bond acceptors (Lipinski definition) is 4. The van der Waals surface area contributed by atoms with Gasteiger partial charge in [-0.05, 0) is 45.4 Å². The molecule has 0 aliphatic rings. The molecular formula is C39H75NO4. The van der Waals surface area contributed by atoms with Crippen molar-refractivity contribution in [3.8, 4) is 0 Å². The van der Waals surface area contributed by atoms with Crippen LogP contribution in [0.2, 0.25) is 0 Å². The van der Waals surface area contributed by atoms with Crippen molar-refractivity contribution in [1.82, 2.24) is 5.32 Å². The predicted molar refractivity (Wildman–Crippen MR) is 190 cm³/mol. The van der Waals surface area contributed by atoms with E-state index in [2.05, 4.69) is 30.5 Å². The molecule has 0 aromatic carbocycles. The van der Waals surface area contributed by atoms with E-state index in [1.165, 1.54) is 122 Å². The molecule has 0 saturated carbocycles. The average molecular weight is 622 g/mol. The van der Waals surface area contributed by atoms with Gasteiger partial charge in [-0.2, -0.15) is 0 Å². The number of hydrogen-bond donors (Lipinski definition) is 4. The minimum atomic E-state index is -1.16. The summed E-state index contributed by atoms with van der Waals surface area (Å²) < 4.78 is 0. The molecule has 0 aliphatic carbocycles. The molecule has 3 unspecified atom stereocenters. The zero-order chi connectivity index (χ0) is 32.4. The molecule has 260 valence electrons. The summed E-state index contributed by atoms with van der Waals surface area (Å²) in [5, 5.41) is 33.1. The Morgan fingerprint density at radius 3 is 1.43 bits per heavy atom. The predicted octanol–water partition coefficient (Wildman–Crippen LogP) is 10.3. The van der Waals surface area contributed by atoms with Gasteiger partial charge in [0.2, 0.25) is 5.91 Å². The van der Waals surface area contributed by atoms with Gasteiger partial charge in [0.1, 0.15) is 6.10 Å². The number of aliphatic hydroxyl groups is 3. The summed E-state index contributed by atoms with van der Waals surface area (Å²) in [6.07, 6.45) is 40.3. The van der Waals surface area contributed by atoms with Gasteiger partial charge in [-0.25, -0.2) is 0 Å². The van der Waals surface area contributed by atoms with Gasteiger partial charge in [-0.3, -0.25) is 4.79 Å². The number of allylic oxidation sites excluding steroid dienone is 4. The highest BCUT2D eigenvalue weighted by Gasteiger charge is 2.26. The second kappa shape index (κ2) is 34.7. The number of aliphatic hydroxyl groups excluding tert-OH is 3. The number of carbonyl (C=O) groups is 1. The third kappa shape index (κ3) is 29.5. The molecule has 0 aliphatic heterocycles. The highest BCUT2D eigenvalue weighted by Crippen LogP contribution is 2.16. The summed E-state index contributed by atoms with van der Waals surface area (Å²) in [5.41, 5.74) is 0. The number of carbonyl (C=O) groups excluding carboxylic acids is 1. The molecule has 1 amide bonds. The smallest absolute Gasteiger partial charge is 0.220 e. The zero-order valence-electron chi connectivity index (χ0n) is 29.3. The van der Waals surface area contributed by atoms with E-state index in [4.69, 9.17) is 0 Å². The third-order valence-electron chi connectivity index (χ3n) is 8.88. The Bertz CT molecular complexity index is 650. The van der Waals surface area contributed by atoms with Gasteiger partial charge >= 0.3 is 0 Å². The number of amides is 1. The molecule has 5 nitrogen and oxygen atoms in total. The summed E-state index contributed by atoms with van der Waals surface area (Å²) in [6.45, 7) is 3.92.